The maximum Gasteiger partial charge on any atom is -0.0141 e. The number of hydrogen-bond acceptors (Lipinski definition) is 0. The molecule has 1 heteroatoms. The van der Waals surface area contributed by atoms with Gasteiger partial charge in [-0.05, 0) is 29.4 Å². The molecule has 0 bridgehead atoms. The van der Waals surface area contributed by atoms with Gasteiger partial charge in [0.1, 0.15) is 0 Å². The van der Waals surface area contributed by atoms with E-state index in [0.29, 0.717) is 0 Å². The molecule has 2 aromatic rings. The summed E-state index contributed by atoms with van der Waals surface area (Å²) in [5.41, 5.74) is 2.71. The number of benzene rings is 1. The average Bonchev–Trinajstić information content (AvgIpc) is 2.54. The molecule has 0 saturated carbocycles. The standard InChI is InChI=1S/C11H11P/c1-12-8-7-11(9-12)10-5-3-2-4-6-10/h2-9H,1H3. The van der Waals surface area contributed by atoms with E-state index in [1.165, 1.54) is 11.1 Å². The molecule has 0 aliphatic carbocycles. The van der Waals surface area contributed by atoms with Crippen molar-refractivity contribution in [2.75, 3.05) is 0 Å². The Labute approximate surface area is 73.9 Å². The molecule has 1 unspecified atom stereocenters. The van der Waals surface area contributed by atoms with Crippen molar-refractivity contribution in [2.24, 2.45) is 6.66 Å². The zero-order valence-corrected chi connectivity index (χ0v) is 7.96. The number of hydrogen-bond donors (Lipinski definition) is 0. The number of rotatable bonds is 1. The second kappa shape index (κ2) is 3.16. The highest BCUT2D eigenvalue weighted by Gasteiger charge is 1.96. The molecular formula is C11H11P. The van der Waals surface area contributed by atoms with E-state index in [2.05, 4.69) is 54.7 Å². The Kier molecular flexibility index (Phi) is 2.01. The fourth-order valence-electron chi connectivity index (χ4n) is 1.30. The van der Waals surface area contributed by atoms with E-state index in [0.717, 1.165) is 0 Å². The molecule has 0 saturated heterocycles. The highest BCUT2D eigenvalue weighted by atomic mass is 31.1. The van der Waals surface area contributed by atoms with Crippen LogP contribution in [0.5, 0.6) is 0 Å². The lowest BCUT2D eigenvalue weighted by Crippen LogP contribution is -1.69. The molecule has 60 valence electrons. The van der Waals surface area contributed by atoms with Gasteiger partial charge < -0.3 is 0 Å². The molecule has 0 aliphatic heterocycles. The van der Waals surface area contributed by atoms with E-state index in [1.807, 2.05) is 0 Å². The minimum absolute atomic E-state index is 0.0295. The van der Waals surface area contributed by atoms with Crippen molar-refractivity contribution in [3.63, 3.8) is 0 Å². The van der Waals surface area contributed by atoms with Crippen molar-refractivity contribution in [3.8, 4) is 11.1 Å². The first-order chi connectivity index (χ1) is 5.86. The molecule has 0 aliphatic rings. The van der Waals surface area contributed by atoms with Crippen molar-refractivity contribution in [2.45, 2.75) is 0 Å². The highest BCUT2D eigenvalue weighted by molar-refractivity contribution is 7.46. The minimum atomic E-state index is 0.0295. The van der Waals surface area contributed by atoms with Crippen LogP contribution in [0.25, 0.3) is 11.1 Å². The van der Waals surface area contributed by atoms with Crippen LogP contribution in [-0.2, 0) is 6.66 Å². The van der Waals surface area contributed by atoms with E-state index < -0.39 is 0 Å². The predicted octanol–water partition coefficient (Wildman–Crippen LogP) is 3.88. The first kappa shape index (κ1) is 7.64. The quantitative estimate of drug-likeness (QED) is 0.615. The molecule has 0 radical (unpaired) electrons. The lowest BCUT2D eigenvalue weighted by atomic mass is 10.1. The van der Waals surface area contributed by atoms with E-state index in [-0.39, 0.29) is 7.53 Å². The van der Waals surface area contributed by atoms with Gasteiger partial charge in [0.25, 0.3) is 0 Å². The Morgan fingerprint density at radius 1 is 0.917 bits per heavy atom. The van der Waals surface area contributed by atoms with Gasteiger partial charge in [-0.1, -0.05) is 36.4 Å². The summed E-state index contributed by atoms with van der Waals surface area (Å²) in [7, 11) is 0.0295. The second-order valence-electron chi connectivity index (χ2n) is 2.93. The molecule has 0 N–H and O–H groups in total. The second-order valence-corrected chi connectivity index (χ2v) is 4.82. The van der Waals surface area contributed by atoms with Crippen molar-refractivity contribution >= 4 is 7.53 Å². The first-order valence-corrected chi connectivity index (χ1v) is 5.96. The smallest absolute Gasteiger partial charge is 0.0141 e. The molecule has 1 aromatic carbocycles. The summed E-state index contributed by atoms with van der Waals surface area (Å²) < 4.78 is 0. The Morgan fingerprint density at radius 3 is 2.25 bits per heavy atom. The van der Waals surface area contributed by atoms with Crippen molar-refractivity contribution in [3.05, 3.63) is 48.0 Å². The maximum atomic E-state index is 2.35. The SMILES string of the molecule is Cp1ccc(-c2ccccc2)c1. The minimum Gasteiger partial charge on any atom is -0.128 e. The number of aryl methyl sites for hydroxylation is 1. The summed E-state index contributed by atoms with van der Waals surface area (Å²) in [6.07, 6.45) is 0. The van der Waals surface area contributed by atoms with Crippen molar-refractivity contribution in [1.82, 2.24) is 0 Å². The molecule has 0 spiro atoms. The summed E-state index contributed by atoms with van der Waals surface area (Å²) in [5.74, 6) is 4.64. The molecule has 1 aromatic heterocycles. The van der Waals surface area contributed by atoms with Crippen LogP contribution in [0.1, 0.15) is 0 Å². The van der Waals surface area contributed by atoms with E-state index in [9.17, 15) is 0 Å². The molecule has 1 atom stereocenters. The lowest BCUT2D eigenvalue weighted by Gasteiger charge is -1.94. The van der Waals surface area contributed by atoms with Crippen LogP contribution < -0.4 is 0 Å². The largest absolute Gasteiger partial charge is 0.128 e. The third-order valence-electron chi connectivity index (χ3n) is 1.94. The monoisotopic (exact) mass is 174 g/mol. The van der Waals surface area contributed by atoms with Gasteiger partial charge in [0.2, 0.25) is 0 Å². The van der Waals surface area contributed by atoms with Crippen molar-refractivity contribution in [1.29, 1.82) is 0 Å². The van der Waals surface area contributed by atoms with Crippen LogP contribution in [-0.4, -0.2) is 0 Å². The fraction of sp³-hybridized carbons (Fsp3) is 0.0909. The highest BCUT2D eigenvalue weighted by Crippen LogP contribution is 2.31. The van der Waals surface area contributed by atoms with E-state index >= 15 is 0 Å². The van der Waals surface area contributed by atoms with E-state index in [4.69, 9.17) is 0 Å². The zero-order chi connectivity index (χ0) is 8.39. The molecule has 12 heavy (non-hydrogen) atoms. The molecule has 0 nitrogen and oxygen atoms in total. The first-order valence-electron chi connectivity index (χ1n) is 4.03. The summed E-state index contributed by atoms with van der Waals surface area (Å²) in [5, 5.41) is 0. The Morgan fingerprint density at radius 2 is 1.67 bits per heavy atom. The van der Waals surface area contributed by atoms with Gasteiger partial charge in [-0.15, -0.1) is 7.53 Å². The summed E-state index contributed by atoms with van der Waals surface area (Å²) in [4.78, 5) is 0. The topological polar surface area (TPSA) is 0 Å². The van der Waals surface area contributed by atoms with Gasteiger partial charge in [-0.3, -0.25) is 0 Å². The van der Waals surface area contributed by atoms with Gasteiger partial charge in [-0.25, -0.2) is 0 Å². The molecule has 0 fully saturated rings. The summed E-state index contributed by atoms with van der Waals surface area (Å²) >= 11 is 0. The van der Waals surface area contributed by atoms with Crippen LogP contribution >= 0.6 is 7.53 Å². The van der Waals surface area contributed by atoms with Crippen LogP contribution in [0, 0.1) is 0 Å². The Balaban J connectivity index is 2.45. The maximum absolute atomic E-state index is 2.35. The normalized spacial score (nSPS) is 11.6. The van der Waals surface area contributed by atoms with Crippen LogP contribution in [0.15, 0.2) is 48.0 Å². The van der Waals surface area contributed by atoms with Crippen LogP contribution in [0.2, 0.25) is 0 Å². The Hall–Kier alpha value is -1.00. The van der Waals surface area contributed by atoms with Crippen LogP contribution in [0.4, 0.5) is 0 Å². The Bertz CT molecular complexity index is 360. The van der Waals surface area contributed by atoms with Gasteiger partial charge in [0, 0.05) is 0 Å². The molecule has 0 amide bonds. The van der Waals surface area contributed by atoms with Gasteiger partial charge in [0.05, 0.1) is 0 Å². The molecular weight excluding hydrogens is 163 g/mol. The van der Waals surface area contributed by atoms with Crippen molar-refractivity contribution < 1.29 is 0 Å². The lowest BCUT2D eigenvalue weighted by molar-refractivity contribution is 1.68. The van der Waals surface area contributed by atoms with Crippen LogP contribution in [0.3, 0.4) is 0 Å². The van der Waals surface area contributed by atoms with Gasteiger partial charge >= 0.3 is 0 Å². The van der Waals surface area contributed by atoms with E-state index in [1.54, 1.807) is 0 Å². The predicted molar refractivity (Wildman–Crippen MR) is 55.6 cm³/mol. The fourth-order valence-corrected chi connectivity index (χ4v) is 2.46. The third kappa shape index (κ3) is 1.44. The zero-order valence-electron chi connectivity index (χ0n) is 7.07. The van der Waals surface area contributed by atoms with Gasteiger partial charge in [-0.2, -0.15) is 0 Å². The summed E-state index contributed by atoms with van der Waals surface area (Å²) in [6, 6.07) is 12.8. The summed E-state index contributed by atoms with van der Waals surface area (Å²) in [6.45, 7) is 2.27. The third-order valence-corrected chi connectivity index (χ3v) is 3.24. The molecule has 2 rings (SSSR count). The average molecular weight is 174 g/mol. The molecule has 1 heterocycles. The van der Waals surface area contributed by atoms with Gasteiger partial charge in [0.15, 0.2) is 0 Å².